The molecule has 1 aromatic carbocycles. The second-order valence-electron chi connectivity index (χ2n) is 8.04. The Hall–Kier alpha value is -2.42. The van der Waals surface area contributed by atoms with Gasteiger partial charge in [0.2, 0.25) is 0 Å². The molecule has 1 fully saturated rings. The highest BCUT2D eigenvalue weighted by Gasteiger charge is 2.46. The van der Waals surface area contributed by atoms with Gasteiger partial charge >= 0.3 is 6.18 Å². The van der Waals surface area contributed by atoms with Crippen LogP contribution in [0.25, 0.3) is 0 Å². The predicted molar refractivity (Wildman–Crippen MR) is 107 cm³/mol. The second kappa shape index (κ2) is 8.02. The van der Waals surface area contributed by atoms with Crippen molar-refractivity contribution in [2.45, 2.75) is 57.0 Å². The zero-order valence-electron chi connectivity index (χ0n) is 17.4. The zero-order chi connectivity index (χ0) is 21.5. The predicted octanol–water partition coefficient (Wildman–Crippen LogP) is 4.54. The van der Waals surface area contributed by atoms with Crippen LogP contribution in [0.5, 0.6) is 11.5 Å². The molecule has 1 saturated heterocycles. The monoisotopic (exact) mass is 424 g/mol. The molecule has 3 atom stereocenters. The Balaban J connectivity index is 1.61. The Morgan fingerprint density at radius 1 is 1.20 bits per heavy atom. The number of nitrogens with zero attached hydrogens (tertiary/aromatic N) is 3. The third-order valence-corrected chi connectivity index (χ3v) is 5.96. The molecule has 3 heterocycles. The second-order valence-corrected chi connectivity index (χ2v) is 8.04. The SMILES string of the molecule is COc1ccc(OC)c(CN2CCC[C@@H]2c2cc3n(n2)[C@@H](C(F)(F)F)C[C@@H](C)N3)c1. The van der Waals surface area contributed by atoms with Crippen LogP contribution in [0.15, 0.2) is 24.3 Å². The molecule has 1 aromatic heterocycles. The quantitative estimate of drug-likeness (QED) is 0.764. The van der Waals surface area contributed by atoms with Gasteiger partial charge < -0.3 is 14.8 Å². The van der Waals surface area contributed by atoms with Crippen LogP contribution < -0.4 is 14.8 Å². The molecule has 2 aromatic rings. The number of rotatable bonds is 5. The zero-order valence-corrected chi connectivity index (χ0v) is 17.4. The molecule has 164 valence electrons. The molecule has 0 bridgehead atoms. The van der Waals surface area contributed by atoms with Gasteiger partial charge in [-0.2, -0.15) is 18.3 Å². The van der Waals surface area contributed by atoms with Crippen molar-refractivity contribution in [3.8, 4) is 11.5 Å². The number of aromatic nitrogens is 2. The number of alkyl halides is 3. The van der Waals surface area contributed by atoms with Crippen LogP contribution in [-0.4, -0.2) is 47.7 Å². The average Bonchev–Trinajstić information content (AvgIpc) is 3.32. The van der Waals surface area contributed by atoms with Crippen molar-refractivity contribution < 1.29 is 22.6 Å². The van der Waals surface area contributed by atoms with Crippen LogP contribution in [0.2, 0.25) is 0 Å². The lowest BCUT2D eigenvalue weighted by Crippen LogP contribution is -2.37. The van der Waals surface area contributed by atoms with Crippen LogP contribution in [0.4, 0.5) is 19.0 Å². The van der Waals surface area contributed by atoms with E-state index in [-0.39, 0.29) is 18.5 Å². The first kappa shape index (κ1) is 20.8. The van der Waals surface area contributed by atoms with Gasteiger partial charge in [0.05, 0.1) is 26.0 Å². The molecule has 0 spiro atoms. The molecule has 0 aliphatic carbocycles. The number of nitrogens with one attached hydrogen (secondary N) is 1. The van der Waals surface area contributed by atoms with Crippen LogP contribution in [0.1, 0.15) is 49.5 Å². The van der Waals surface area contributed by atoms with E-state index in [9.17, 15) is 13.2 Å². The molecule has 4 rings (SSSR count). The van der Waals surface area contributed by atoms with Crippen molar-refractivity contribution >= 4 is 5.82 Å². The summed E-state index contributed by atoms with van der Waals surface area (Å²) in [6.07, 6.45) is -2.52. The minimum atomic E-state index is -4.32. The lowest BCUT2D eigenvalue weighted by atomic mass is 10.1. The number of ether oxygens (including phenoxy) is 2. The van der Waals surface area contributed by atoms with Crippen molar-refractivity contribution in [2.75, 3.05) is 26.1 Å². The molecule has 2 aliphatic heterocycles. The molecule has 1 N–H and O–H groups in total. The van der Waals surface area contributed by atoms with E-state index >= 15 is 0 Å². The largest absolute Gasteiger partial charge is 0.497 e. The standard InChI is InChI=1S/C21H27F3N4O2/c1-13-9-19(21(22,23)24)28-20(25-13)11-16(26-28)17-5-4-8-27(17)12-14-10-15(29-2)6-7-18(14)30-3/h6-7,10-11,13,17,19,25H,4-5,8-9,12H2,1-3H3/t13-,17-,19-/m1/s1. The van der Waals surface area contributed by atoms with E-state index in [1.807, 2.05) is 18.2 Å². The van der Waals surface area contributed by atoms with E-state index in [4.69, 9.17) is 9.47 Å². The Labute approximate surface area is 173 Å². The first-order valence-corrected chi connectivity index (χ1v) is 10.2. The molecule has 2 aliphatic rings. The summed E-state index contributed by atoms with van der Waals surface area (Å²) in [7, 11) is 3.24. The van der Waals surface area contributed by atoms with Crippen molar-refractivity contribution in [3.63, 3.8) is 0 Å². The van der Waals surface area contributed by atoms with Gasteiger partial charge in [0, 0.05) is 24.2 Å². The fourth-order valence-corrected chi connectivity index (χ4v) is 4.51. The van der Waals surface area contributed by atoms with Gasteiger partial charge in [0.15, 0.2) is 6.04 Å². The van der Waals surface area contributed by atoms with Gasteiger partial charge in [0.1, 0.15) is 17.3 Å². The average molecular weight is 424 g/mol. The van der Waals surface area contributed by atoms with Crippen LogP contribution in [-0.2, 0) is 6.54 Å². The Bertz CT molecular complexity index is 899. The summed E-state index contributed by atoms with van der Waals surface area (Å²) >= 11 is 0. The molecule has 0 amide bonds. The van der Waals surface area contributed by atoms with E-state index < -0.39 is 12.2 Å². The summed E-state index contributed by atoms with van der Waals surface area (Å²) in [5.41, 5.74) is 1.66. The van der Waals surface area contributed by atoms with E-state index in [0.29, 0.717) is 18.1 Å². The van der Waals surface area contributed by atoms with E-state index in [1.165, 1.54) is 0 Å². The smallest absolute Gasteiger partial charge is 0.410 e. The highest BCUT2D eigenvalue weighted by atomic mass is 19.4. The van der Waals surface area contributed by atoms with Crippen molar-refractivity contribution in [3.05, 3.63) is 35.5 Å². The van der Waals surface area contributed by atoms with Gasteiger partial charge in [-0.3, -0.25) is 4.90 Å². The number of hydrogen-bond donors (Lipinski definition) is 1. The van der Waals surface area contributed by atoms with Crippen LogP contribution in [0.3, 0.4) is 0 Å². The van der Waals surface area contributed by atoms with Gasteiger partial charge in [-0.1, -0.05) is 0 Å². The molecule has 30 heavy (non-hydrogen) atoms. The Morgan fingerprint density at radius 2 is 2.00 bits per heavy atom. The van der Waals surface area contributed by atoms with Crippen molar-refractivity contribution in [2.24, 2.45) is 0 Å². The number of likely N-dealkylation sites (tertiary alicyclic amines) is 1. The summed E-state index contributed by atoms with van der Waals surface area (Å²) in [5, 5.41) is 7.57. The maximum atomic E-state index is 13.6. The number of anilines is 1. The number of benzene rings is 1. The van der Waals surface area contributed by atoms with Gasteiger partial charge in [-0.15, -0.1) is 0 Å². The minimum Gasteiger partial charge on any atom is -0.497 e. The van der Waals surface area contributed by atoms with Gasteiger partial charge in [0.25, 0.3) is 0 Å². The maximum absolute atomic E-state index is 13.6. The summed E-state index contributed by atoms with van der Waals surface area (Å²) in [6, 6.07) is 5.55. The van der Waals surface area contributed by atoms with Crippen molar-refractivity contribution in [1.29, 1.82) is 0 Å². The Morgan fingerprint density at radius 3 is 2.70 bits per heavy atom. The molecular formula is C21H27F3N4O2. The molecule has 6 nitrogen and oxygen atoms in total. The highest BCUT2D eigenvalue weighted by molar-refractivity contribution is 5.43. The highest BCUT2D eigenvalue weighted by Crippen LogP contribution is 2.42. The van der Waals surface area contributed by atoms with Crippen LogP contribution in [0, 0.1) is 0 Å². The number of halogens is 3. The van der Waals surface area contributed by atoms with Gasteiger partial charge in [-0.05, 0) is 50.9 Å². The third kappa shape index (κ3) is 3.95. The number of fused-ring (bicyclic) bond motifs is 1. The number of methoxy groups -OCH3 is 2. The van der Waals surface area contributed by atoms with Gasteiger partial charge in [-0.25, -0.2) is 4.68 Å². The van der Waals surface area contributed by atoms with Crippen LogP contribution >= 0.6 is 0 Å². The topological polar surface area (TPSA) is 51.6 Å². The summed E-state index contributed by atoms with van der Waals surface area (Å²) in [5.74, 6) is 1.94. The lowest BCUT2D eigenvalue weighted by molar-refractivity contribution is -0.173. The maximum Gasteiger partial charge on any atom is 0.410 e. The molecule has 0 radical (unpaired) electrons. The molecule has 9 heteroatoms. The minimum absolute atomic E-state index is 0.0208. The lowest BCUT2D eigenvalue weighted by Gasteiger charge is -2.31. The normalized spacial score (nSPS) is 24.4. The fraction of sp³-hybridized carbons (Fsp3) is 0.571. The van der Waals surface area contributed by atoms with E-state index in [1.54, 1.807) is 27.2 Å². The first-order valence-electron chi connectivity index (χ1n) is 10.2. The summed E-state index contributed by atoms with van der Waals surface area (Å²) < 4.78 is 52.7. The first-order chi connectivity index (χ1) is 14.3. The molecule has 0 unspecified atom stereocenters. The summed E-state index contributed by atoms with van der Waals surface area (Å²) in [6.45, 7) is 3.23. The molecular weight excluding hydrogens is 397 g/mol. The Kier molecular flexibility index (Phi) is 5.57. The molecule has 0 saturated carbocycles. The van der Waals surface area contributed by atoms with E-state index in [0.717, 1.165) is 41.1 Å². The number of hydrogen-bond acceptors (Lipinski definition) is 5. The van der Waals surface area contributed by atoms with Crippen molar-refractivity contribution in [1.82, 2.24) is 14.7 Å². The summed E-state index contributed by atoms with van der Waals surface area (Å²) in [4.78, 5) is 2.25. The van der Waals surface area contributed by atoms with E-state index in [2.05, 4.69) is 15.3 Å². The fourth-order valence-electron chi connectivity index (χ4n) is 4.51. The third-order valence-electron chi connectivity index (χ3n) is 5.96.